The second-order valence-electron chi connectivity index (χ2n) is 4.64. The van der Waals surface area contributed by atoms with Gasteiger partial charge in [0.05, 0.1) is 18.3 Å². The van der Waals surface area contributed by atoms with E-state index in [-0.39, 0.29) is 5.56 Å². The van der Waals surface area contributed by atoms with Gasteiger partial charge in [-0.1, -0.05) is 53.7 Å². The largest absolute Gasteiger partial charge is 0.478 e. The average molecular weight is 279 g/mol. The van der Waals surface area contributed by atoms with E-state index in [2.05, 4.69) is 10.3 Å². The van der Waals surface area contributed by atoms with Gasteiger partial charge in [0.25, 0.3) is 0 Å². The number of rotatable bonds is 4. The highest BCUT2D eigenvalue weighted by atomic mass is 16.4. The molecule has 3 aromatic rings. The fraction of sp³-hybridized carbons (Fsp3) is 0.0625. The number of carboxylic acids is 1. The molecule has 0 atom stereocenters. The Balaban J connectivity index is 1.90. The van der Waals surface area contributed by atoms with Crippen molar-refractivity contribution >= 4 is 5.97 Å². The second-order valence-corrected chi connectivity index (χ2v) is 4.64. The third-order valence-corrected chi connectivity index (χ3v) is 3.16. The van der Waals surface area contributed by atoms with Crippen LogP contribution in [0, 0.1) is 0 Å². The lowest BCUT2D eigenvalue weighted by Crippen LogP contribution is -2.00. The van der Waals surface area contributed by atoms with Gasteiger partial charge in [-0.15, -0.1) is 5.10 Å². The van der Waals surface area contributed by atoms with Crippen LogP contribution in [0.3, 0.4) is 0 Å². The van der Waals surface area contributed by atoms with E-state index in [1.54, 1.807) is 35.1 Å². The Morgan fingerprint density at radius 3 is 2.52 bits per heavy atom. The number of hydrogen-bond acceptors (Lipinski definition) is 3. The van der Waals surface area contributed by atoms with Gasteiger partial charge in [0, 0.05) is 5.56 Å². The highest BCUT2D eigenvalue weighted by Crippen LogP contribution is 2.21. The van der Waals surface area contributed by atoms with Gasteiger partial charge in [0.1, 0.15) is 5.69 Å². The summed E-state index contributed by atoms with van der Waals surface area (Å²) in [4.78, 5) is 11.2. The molecule has 104 valence electrons. The first-order valence-corrected chi connectivity index (χ1v) is 6.51. The van der Waals surface area contributed by atoms with Crippen LogP contribution in [0.25, 0.3) is 11.3 Å². The SMILES string of the molecule is O=C(O)c1ccccc1-c1cn(Cc2ccccc2)nn1. The Kier molecular flexibility index (Phi) is 3.47. The Morgan fingerprint density at radius 1 is 1.05 bits per heavy atom. The molecule has 0 unspecified atom stereocenters. The first-order valence-electron chi connectivity index (χ1n) is 6.51. The number of carbonyl (C=O) groups is 1. The summed E-state index contributed by atoms with van der Waals surface area (Å²) < 4.78 is 1.70. The summed E-state index contributed by atoms with van der Waals surface area (Å²) in [6.07, 6.45) is 1.76. The van der Waals surface area contributed by atoms with Crippen LogP contribution in [0.4, 0.5) is 0 Å². The van der Waals surface area contributed by atoms with Crippen molar-refractivity contribution in [3.63, 3.8) is 0 Å². The molecule has 21 heavy (non-hydrogen) atoms. The maximum absolute atomic E-state index is 11.2. The molecule has 3 rings (SSSR count). The maximum Gasteiger partial charge on any atom is 0.336 e. The molecule has 0 amide bonds. The highest BCUT2D eigenvalue weighted by molar-refractivity contribution is 5.95. The molecule has 0 radical (unpaired) electrons. The minimum Gasteiger partial charge on any atom is -0.478 e. The van der Waals surface area contributed by atoms with Crippen LogP contribution >= 0.6 is 0 Å². The average Bonchev–Trinajstić information content (AvgIpc) is 2.96. The van der Waals surface area contributed by atoms with E-state index >= 15 is 0 Å². The summed E-state index contributed by atoms with van der Waals surface area (Å²) >= 11 is 0. The highest BCUT2D eigenvalue weighted by Gasteiger charge is 2.13. The van der Waals surface area contributed by atoms with E-state index in [4.69, 9.17) is 0 Å². The minimum atomic E-state index is -0.969. The Morgan fingerprint density at radius 2 is 1.76 bits per heavy atom. The van der Waals surface area contributed by atoms with Crippen molar-refractivity contribution in [1.29, 1.82) is 0 Å². The number of nitrogens with zero attached hydrogens (tertiary/aromatic N) is 3. The topological polar surface area (TPSA) is 68.0 Å². The van der Waals surface area contributed by atoms with Gasteiger partial charge >= 0.3 is 5.97 Å². The monoisotopic (exact) mass is 279 g/mol. The molecule has 0 aliphatic rings. The molecule has 1 heterocycles. The van der Waals surface area contributed by atoms with Crippen LogP contribution < -0.4 is 0 Å². The van der Waals surface area contributed by atoms with Crippen LogP contribution in [-0.2, 0) is 6.54 Å². The van der Waals surface area contributed by atoms with Crippen LogP contribution in [0.2, 0.25) is 0 Å². The third-order valence-electron chi connectivity index (χ3n) is 3.16. The van der Waals surface area contributed by atoms with Gasteiger partial charge in [-0.2, -0.15) is 0 Å². The molecule has 1 N–H and O–H groups in total. The molecule has 0 bridgehead atoms. The van der Waals surface area contributed by atoms with Crippen LogP contribution in [0.5, 0.6) is 0 Å². The minimum absolute atomic E-state index is 0.226. The summed E-state index contributed by atoms with van der Waals surface area (Å²) in [5, 5.41) is 17.4. The van der Waals surface area contributed by atoms with Gasteiger partial charge in [-0.25, -0.2) is 9.48 Å². The van der Waals surface area contributed by atoms with Crippen LogP contribution in [0.1, 0.15) is 15.9 Å². The Hall–Kier alpha value is -2.95. The van der Waals surface area contributed by atoms with Gasteiger partial charge in [-0.3, -0.25) is 0 Å². The zero-order valence-electron chi connectivity index (χ0n) is 11.2. The Labute approximate surface area is 121 Å². The lowest BCUT2D eigenvalue weighted by molar-refractivity contribution is 0.0697. The number of carboxylic acid groups (broad SMARTS) is 1. The quantitative estimate of drug-likeness (QED) is 0.797. The summed E-state index contributed by atoms with van der Waals surface area (Å²) in [6, 6.07) is 16.7. The molecule has 0 aliphatic carbocycles. The van der Waals surface area contributed by atoms with Crippen molar-refractivity contribution in [2.75, 3.05) is 0 Å². The first kappa shape index (κ1) is 13.1. The van der Waals surface area contributed by atoms with E-state index < -0.39 is 5.97 Å². The lowest BCUT2D eigenvalue weighted by atomic mass is 10.1. The molecular weight excluding hydrogens is 266 g/mol. The zero-order valence-corrected chi connectivity index (χ0v) is 11.2. The molecule has 1 aromatic heterocycles. The van der Waals surface area contributed by atoms with E-state index in [0.717, 1.165) is 5.56 Å². The summed E-state index contributed by atoms with van der Waals surface area (Å²) in [5.74, 6) is -0.969. The van der Waals surface area contributed by atoms with E-state index in [9.17, 15) is 9.90 Å². The van der Waals surface area contributed by atoms with Gasteiger partial charge in [0.2, 0.25) is 0 Å². The number of aromatic nitrogens is 3. The van der Waals surface area contributed by atoms with E-state index in [1.807, 2.05) is 30.3 Å². The fourth-order valence-corrected chi connectivity index (χ4v) is 2.16. The first-order chi connectivity index (χ1) is 10.2. The third kappa shape index (κ3) is 2.81. The van der Waals surface area contributed by atoms with Gasteiger partial charge < -0.3 is 5.11 Å². The van der Waals surface area contributed by atoms with E-state index in [0.29, 0.717) is 17.8 Å². The molecular formula is C16H13N3O2. The maximum atomic E-state index is 11.2. The van der Waals surface area contributed by atoms with Crippen LogP contribution in [-0.4, -0.2) is 26.1 Å². The molecule has 0 spiro atoms. The van der Waals surface area contributed by atoms with Crippen LogP contribution in [0.15, 0.2) is 60.8 Å². The molecule has 0 saturated heterocycles. The summed E-state index contributed by atoms with van der Waals surface area (Å²) in [7, 11) is 0. The number of hydrogen-bond donors (Lipinski definition) is 1. The van der Waals surface area contributed by atoms with Crippen molar-refractivity contribution in [3.05, 3.63) is 71.9 Å². The van der Waals surface area contributed by atoms with Crippen molar-refractivity contribution in [2.45, 2.75) is 6.54 Å². The van der Waals surface area contributed by atoms with Gasteiger partial charge in [-0.05, 0) is 11.6 Å². The molecule has 5 nitrogen and oxygen atoms in total. The van der Waals surface area contributed by atoms with E-state index in [1.165, 1.54) is 0 Å². The van der Waals surface area contributed by atoms with Crippen molar-refractivity contribution < 1.29 is 9.90 Å². The van der Waals surface area contributed by atoms with Crippen molar-refractivity contribution in [2.24, 2.45) is 0 Å². The fourth-order valence-electron chi connectivity index (χ4n) is 2.16. The normalized spacial score (nSPS) is 10.5. The zero-order chi connectivity index (χ0) is 14.7. The number of benzene rings is 2. The smallest absolute Gasteiger partial charge is 0.336 e. The molecule has 0 fully saturated rings. The van der Waals surface area contributed by atoms with Gasteiger partial charge in [0.15, 0.2) is 0 Å². The second kappa shape index (κ2) is 5.58. The lowest BCUT2D eigenvalue weighted by Gasteiger charge is -2.01. The predicted molar refractivity (Wildman–Crippen MR) is 78.0 cm³/mol. The Bertz CT molecular complexity index is 766. The molecule has 2 aromatic carbocycles. The number of aromatic carboxylic acids is 1. The predicted octanol–water partition coefficient (Wildman–Crippen LogP) is 2.69. The molecule has 5 heteroatoms. The summed E-state index contributed by atoms with van der Waals surface area (Å²) in [5.41, 5.74) is 2.47. The summed E-state index contributed by atoms with van der Waals surface area (Å²) in [6.45, 7) is 0.600. The standard InChI is InChI=1S/C16H13N3O2/c20-16(21)14-9-5-4-8-13(14)15-11-19(18-17-15)10-12-6-2-1-3-7-12/h1-9,11H,10H2,(H,20,21). The van der Waals surface area contributed by atoms with Crippen molar-refractivity contribution in [1.82, 2.24) is 15.0 Å². The molecule has 0 aliphatic heterocycles. The molecule has 0 saturated carbocycles. The van der Waals surface area contributed by atoms with Crippen molar-refractivity contribution in [3.8, 4) is 11.3 Å².